The molecule has 1 aromatic carbocycles. The van der Waals surface area contributed by atoms with E-state index >= 15 is 0 Å². The smallest absolute Gasteiger partial charge is 0.224 e. The Balaban J connectivity index is 1.98. The van der Waals surface area contributed by atoms with E-state index in [4.69, 9.17) is 11.0 Å². The maximum absolute atomic E-state index is 13.7. The number of halogens is 1. The number of amides is 1. The largest absolute Gasteiger partial charge is 0.341 e. The molecule has 2 rings (SSSR count). The Bertz CT molecular complexity index is 549. The van der Waals surface area contributed by atoms with E-state index in [-0.39, 0.29) is 18.5 Å². The number of nitrogens with zero attached hydrogens (tertiary/aromatic N) is 2. The van der Waals surface area contributed by atoms with Crippen molar-refractivity contribution in [2.75, 3.05) is 7.05 Å². The lowest BCUT2D eigenvalue weighted by Crippen LogP contribution is -2.34. The first kappa shape index (κ1) is 14.5. The van der Waals surface area contributed by atoms with Crippen LogP contribution in [0.4, 0.5) is 4.39 Å². The van der Waals surface area contributed by atoms with Crippen LogP contribution in [0.3, 0.4) is 0 Å². The average Bonchev–Trinajstić information content (AvgIpc) is 3.25. The minimum Gasteiger partial charge on any atom is -0.341 e. The van der Waals surface area contributed by atoms with Crippen LogP contribution in [0.15, 0.2) is 18.2 Å². The standard InChI is InChI=1S/C15H18FN3O/c1-19(15(20)7-14(18)11-3-4-11)9-12-6-10(8-17)2-5-13(12)16/h2,5-6,11,14H,3-4,7,9,18H2,1H3. The molecule has 0 spiro atoms. The Hall–Kier alpha value is -1.93. The van der Waals surface area contributed by atoms with Crippen molar-refractivity contribution in [3.05, 3.63) is 35.1 Å². The van der Waals surface area contributed by atoms with Crippen LogP contribution in [0.2, 0.25) is 0 Å². The van der Waals surface area contributed by atoms with Gasteiger partial charge < -0.3 is 10.6 Å². The number of rotatable bonds is 5. The lowest BCUT2D eigenvalue weighted by molar-refractivity contribution is -0.130. The molecule has 1 amide bonds. The molecule has 2 N–H and O–H groups in total. The Morgan fingerprint density at radius 1 is 1.60 bits per heavy atom. The molecule has 0 radical (unpaired) electrons. The van der Waals surface area contributed by atoms with E-state index in [1.165, 1.54) is 23.1 Å². The van der Waals surface area contributed by atoms with Crippen LogP contribution in [-0.4, -0.2) is 23.9 Å². The number of hydrogen-bond acceptors (Lipinski definition) is 3. The van der Waals surface area contributed by atoms with Crippen molar-refractivity contribution < 1.29 is 9.18 Å². The van der Waals surface area contributed by atoms with E-state index in [0.29, 0.717) is 23.5 Å². The van der Waals surface area contributed by atoms with Crippen molar-refractivity contribution >= 4 is 5.91 Å². The molecular weight excluding hydrogens is 257 g/mol. The SMILES string of the molecule is CN(Cc1cc(C#N)ccc1F)C(=O)CC(N)C1CC1. The molecule has 0 saturated heterocycles. The van der Waals surface area contributed by atoms with E-state index in [1.54, 1.807) is 7.05 Å². The Kier molecular flexibility index (Phi) is 4.35. The van der Waals surface area contributed by atoms with E-state index in [2.05, 4.69) is 0 Å². The normalized spacial score (nSPS) is 15.5. The van der Waals surface area contributed by atoms with Crippen molar-refractivity contribution in [3.63, 3.8) is 0 Å². The molecular formula is C15H18FN3O. The lowest BCUT2D eigenvalue weighted by Gasteiger charge is -2.20. The number of hydrogen-bond donors (Lipinski definition) is 1. The summed E-state index contributed by atoms with van der Waals surface area (Å²) in [4.78, 5) is 13.5. The number of nitriles is 1. The third-order valence-corrected chi connectivity index (χ3v) is 3.65. The van der Waals surface area contributed by atoms with Gasteiger partial charge in [-0.2, -0.15) is 5.26 Å². The molecule has 0 aromatic heterocycles. The van der Waals surface area contributed by atoms with Crippen molar-refractivity contribution in [1.82, 2.24) is 4.90 Å². The van der Waals surface area contributed by atoms with Crippen molar-refractivity contribution in [1.29, 1.82) is 5.26 Å². The molecule has 106 valence electrons. The maximum Gasteiger partial charge on any atom is 0.224 e. The fourth-order valence-corrected chi connectivity index (χ4v) is 2.16. The second kappa shape index (κ2) is 6.02. The van der Waals surface area contributed by atoms with Gasteiger partial charge in [0.1, 0.15) is 5.82 Å². The Labute approximate surface area is 118 Å². The Morgan fingerprint density at radius 2 is 2.30 bits per heavy atom. The molecule has 0 heterocycles. The van der Waals surface area contributed by atoms with Gasteiger partial charge in [-0.1, -0.05) is 0 Å². The highest BCUT2D eigenvalue weighted by atomic mass is 19.1. The molecule has 5 heteroatoms. The van der Waals surface area contributed by atoms with Crippen LogP contribution < -0.4 is 5.73 Å². The summed E-state index contributed by atoms with van der Waals surface area (Å²) in [6.07, 6.45) is 2.48. The van der Waals surface area contributed by atoms with Gasteiger partial charge in [-0.15, -0.1) is 0 Å². The van der Waals surface area contributed by atoms with Gasteiger partial charge in [0.2, 0.25) is 5.91 Å². The van der Waals surface area contributed by atoms with Crippen molar-refractivity contribution in [2.24, 2.45) is 11.7 Å². The zero-order chi connectivity index (χ0) is 14.7. The van der Waals surface area contributed by atoms with Crippen LogP contribution in [-0.2, 0) is 11.3 Å². The van der Waals surface area contributed by atoms with E-state index < -0.39 is 5.82 Å². The van der Waals surface area contributed by atoms with E-state index in [1.807, 2.05) is 6.07 Å². The highest BCUT2D eigenvalue weighted by Crippen LogP contribution is 2.33. The predicted octanol–water partition coefficient (Wildman–Crippen LogP) is 1.78. The molecule has 1 saturated carbocycles. The third kappa shape index (κ3) is 3.55. The monoisotopic (exact) mass is 275 g/mol. The first-order valence-corrected chi connectivity index (χ1v) is 6.69. The summed E-state index contributed by atoms with van der Waals surface area (Å²) in [6, 6.07) is 6.01. The second-order valence-electron chi connectivity index (χ2n) is 5.37. The maximum atomic E-state index is 13.7. The average molecular weight is 275 g/mol. The van der Waals surface area contributed by atoms with Gasteiger partial charge in [0.25, 0.3) is 0 Å². The van der Waals surface area contributed by atoms with Crippen molar-refractivity contribution in [2.45, 2.75) is 31.8 Å². The van der Waals surface area contributed by atoms with Gasteiger partial charge in [0, 0.05) is 31.6 Å². The molecule has 1 unspecified atom stereocenters. The number of benzene rings is 1. The molecule has 0 bridgehead atoms. The molecule has 1 aliphatic carbocycles. The van der Waals surface area contributed by atoms with Crippen LogP contribution >= 0.6 is 0 Å². The zero-order valence-electron chi connectivity index (χ0n) is 11.5. The van der Waals surface area contributed by atoms with Gasteiger partial charge in [0.05, 0.1) is 11.6 Å². The fraction of sp³-hybridized carbons (Fsp3) is 0.467. The highest BCUT2D eigenvalue weighted by Gasteiger charge is 2.30. The third-order valence-electron chi connectivity index (χ3n) is 3.65. The first-order chi connectivity index (χ1) is 9.51. The summed E-state index contributed by atoms with van der Waals surface area (Å²) in [5, 5.41) is 8.81. The first-order valence-electron chi connectivity index (χ1n) is 6.69. The minimum absolute atomic E-state index is 0.0915. The topological polar surface area (TPSA) is 70.1 Å². The Morgan fingerprint density at radius 3 is 2.90 bits per heavy atom. The van der Waals surface area contributed by atoms with Gasteiger partial charge >= 0.3 is 0 Å². The minimum atomic E-state index is -0.407. The molecule has 1 aromatic rings. The quantitative estimate of drug-likeness (QED) is 0.890. The molecule has 1 atom stereocenters. The van der Waals surface area contributed by atoms with E-state index in [0.717, 1.165) is 12.8 Å². The van der Waals surface area contributed by atoms with Crippen LogP contribution in [0, 0.1) is 23.1 Å². The van der Waals surface area contributed by atoms with Crippen LogP contribution in [0.1, 0.15) is 30.4 Å². The number of nitrogens with two attached hydrogens (primary N) is 1. The molecule has 4 nitrogen and oxygen atoms in total. The summed E-state index contributed by atoms with van der Waals surface area (Å²) in [5.41, 5.74) is 6.66. The van der Waals surface area contributed by atoms with E-state index in [9.17, 15) is 9.18 Å². The number of carbonyl (C=O) groups is 1. The summed E-state index contributed by atoms with van der Waals surface area (Å²) in [5.74, 6) is -0.0349. The molecule has 20 heavy (non-hydrogen) atoms. The predicted molar refractivity (Wildman–Crippen MR) is 72.9 cm³/mol. The molecule has 0 aliphatic heterocycles. The summed E-state index contributed by atoms with van der Waals surface area (Å²) < 4.78 is 13.7. The zero-order valence-corrected chi connectivity index (χ0v) is 11.5. The molecule has 1 aliphatic rings. The fourth-order valence-electron chi connectivity index (χ4n) is 2.16. The lowest BCUT2D eigenvalue weighted by atomic mass is 10.1. The van der Waals surface area contributed by atoms with Gasteiger partial charge in [-0.05, 0) is 37.0 Å². The summed E-state index contributed by atoms with van der Waals surface area (Å²) in [7, 11) is 1.63. The van der Waals surface area contributed by atoms with Gasteiger partial charge in [-0.25, -0.2) is 4.39 Å². The van der Waals surface area contributed by atoms with Crippen LogP contribution in [0.25, 0.3) is 0 Å². The number of carbonyl (C=O) groups excluding carboxylic acids is 1. The molecule has 1 fully saturated rings. The van der Waals surface area contributed by atoms with Crippen molar-refractivity contribution in [3.8, 4) is 6.07 Å². The van der Waals surface area contributed by atoms with Gasteiger partial charge in [-0.3, -0.25) is 4.79 Å². The van der Waals surface area contributed by atoms with Gasteiger partial charge in [0.15, 0.2) is 0 Å². The highest BCUT2D eigenvalue weighted by molar-refractivity contribution is 5.76. The second-order valence-corrected chi connectivity index (χ2v) is 5.37. The summed E-state index contributed by atoms with van der Waals surface area (Å²) >= 11 is 0. The summed E-state index contributed by atoms with van der Waals surface area (Å²) in [6.45, 7) is 0.150. The van der Waals surface area contributed by atoms with Crippen LogP contribution in [0.5, 0.6) is 0 Å².